The smallest absolute Gasteiger partial charge is 0.333 e. The number of aliphatic hydroxyl groups excluding tert-OH is 1. The minimum atomic E-state index is -1.00. The third-order valence-electron chi connectivity index (χ3n) is 1.41. The van der Waals surface area contributed by atoms with Gasteiger partial charge in [0.2, 0.25) is 0 Å². The first-order chi connectivity index (χ1) is 4.22. The van der Waals surface area contributed by atoms with Crippen LogP contribution in [0.1, 0.15) is 12.8 Å². The Balaban J connectivity index is 2.68. The lowest BCUT2D eigenvalue weighted by atomic mass is 10.2. The Hall–Kier alpha value is -0.830. The quantitative estimate of drug-likeness (QED) is 0.528. The zero-order chi connectivity index (χ0) is 6.85. The predicted molar refractivity (Wildman–Crippen MR) is 31.0 cm³/mol. The SMILES string of the molecule is O=C(O)C1=CCC[C@H]1O. The molecular weight excluding hydrogens is 120 g/mol. The van der Waals surface area contributed by atoms with E-state index in [-0.39, 0.29) is 5.57 Å². The van der Waals surface area contributed by atoms with Crippen LogP contribution in [0.4, 0.5) is 0 Å². The van der Waals surface area contributed by atoms with Gasteiger partial charge in [0.15, 0.2) is 0 Å². The van der Waals surface area contributed by atoms with E-state index in [1.54, 1.807) is 6.08 Å². The first-order valence-electron chi connectivity index (χ1n) is 2.83. The van der Waals surface area contributed by atoms with Gasteiger partial charge in [-0.05, 0) is 12.8 Å². The Morgan fingerprint density at radius 3 is 2.67 bits per heavy atom. The van der Waals surface area contributed by atoms with Crippen molar-refractivity contribution in [3.63, 3.8) is 0 Å². The Kier molecular flexibility index (Phi) is 1.53. The van der Waals surface area contributed by atoms with Crippen molar-refractivity contribution in [2.75, 3.05) is 0 Å². The zero-order valence-electron chi connectivity index (χ0n) is 4.87. The summed E-state index contributed by atoms with van der Waals surface area (Å²) >= 11 is 0. The van der Waals surface area contributed by atoms with Gasteiger partial charge in [0.25, 0.3) is 0 Å². The largest absolute Gasteiger partial charge is 0.478 e. The van der Waals surface area contributed by atoms with E-state index in [2.05, 4.69) is 0 Å². The summed E-state index contributed by atoms with van der Waals surface area (Å²) in [6.45, 7) is 0. The second-order valence-electron chi connectivity index (χ2n) is 2.06. The lowest BCUT2D eigenvalue weighted by molar-refractivity contribution is -0.133. The number of carboxylic acid groups (broad SMARTS) is 1. The summed E-state index contributed by atoms with van der Waals surface area (Å²) in [7, 11) is 0. The summed E-state index contributed by atoms with van der Waals surface area (Å²) in [6.07, 6.45) is 2.07. The Morgan fingerprint density at radius 1 is 1.78 bits per heavy atom. The number of allylic oxidation sites excluding steroid dienone is 1. The monoisotopic (exact) mass is 128 g/mol. The van der Waals surface area contributed by atoms with E-state index in [9.17, 15) is 4.79 Å². The van der Waals surface area contributed by atoms with E-state index in [0.29, 0.717) is 12.8 Å². The fourth-order valence-corrected chi connectivity index (χ4v) is 0.918. The van der Waals surface area contributed by atoms with Crippen LogP contribution in [0.15, 0.2) is 11.6 Å². The van der Waals surface area contributed by atoms with Gasteiger partial charge in [0.1, 0.15) is 0 Å². The molecule has 0 radical (unpaired) electrons. The van der Waals surface area contributed by atoms with Gasteiger partial charge in [-0.2, -0.15) is 0 Å². The van der Waals surface area contributed by atoms with Crippen molar-refractivity contribution < 1.29 is 15.0 Å². The third-order valence-corrected chi connectivity index (χ3v) is 1.41. The van der Waals surface area contributed by atoms with Gasteiger partial charge >= 0.3 is 5.97 Å². The van der Waals surface area contributed by atoms with Crippen molar-refractivity contribution >= 4 is 5.97 Å². The lowest BCUT2D eigenvalue weighted by Crippen LogP contribution is -2.12. The van der Waals surface area contributed by atoms with Gasteiger partial charge in [0.05, 0.1) is 11.7 Å². The minimum Gasteiger partial charge on any atom is -0.478 e. The fraction of sp³-hybridized carbons (Fsp3) is 0.500. The van der Waals surface area contributed by atoms with Crippen LogP contribution in [0.5, 0.6) is 0 Å². The average molecular weight is 128 g/mol. The number of hydrogen-bond acceptors (Lipinski definition) is 2. The van der Waals surface area contributed by atoms with E-state index < -0.39 is 12.1 Å². The standard InChI is InChI=1S/C6H8O3/c7-5-3-1-2-4(5)6(8)9/h2,5,7H,1,3H2,(H,8,9)/t5-/m1/s1. The van der Waals surface area contributed by atoms with Crippen molar-refractivity contribution in [1.29, 1.82) is 0 Å². The molecule has 0 bridgehead atoms. The highest BCUT2D eigenvalue weighted by Gasteiger charge is 2.21. The second kappa shape index (κ2) is 2.19. The van der Waals surface area contributed by atoms with Gasteiger partial charge < -0.3 is 10.2 Å². The van der Waals surface area contributed by atoms with E-state index in [1.807, 2.05) is 0 Å². The Morgan fingerprint density at radius 2 is 2.44 bits per heavy atom. The van der Waals surface area contributed by atoms with Crippen molar-refractivity contribution in [2.24, 2.45) is 0 Å². The minimum absolute atomic E-state index is 0.148. The predicted octanol–water partition coefficient (Wildman–Crippen LogP) is 0.152. The Labute approximate surface area is 52.6 Å². The molecule has 1 rings (SSSR count). The maximum atomic E-state index is 10.2. The molecule has 0 spiro atoms. The van der Waals surface area contributed by atoms with Gasteiger partial charge in [0, 0.05) is 0 Å². The first kappa shape index (κ1) is 6.29. The maximum absolute atomic E-state index is 10.2. The van der Waals surface area contributed by atoms with Crippen LogP contribution in [0, 0.1) is 0 Å². The Bertz CT molecular complexity index is 160. The van der Waals surface area contributed by atoms with Gasteiger partial charge in [-0.1, -0.05) is 6.08 Å². The highest BCUT2D eigenvalue weighted by molar-refractivity contribution is 5.88. The van der Waals surface area contributed by atoms with Crippen LogP contribution in [-0.4, -0.2) is 22.3 Å². The van der Waals surface area contributed by atoms with Crippen LogP contribution in [0.25, 0.3) is 0 Å². The molecule has 1 aliphatic rings. The molecule has 3 heteroatoms. The fourth-order valence-electron chi connectivity index (χ4n) is 0.918. The van der Waals surface area contributed by atoms with Gasteiger partial charge in [-0.15, -0.1) is 0 Å². The molecule has 0 fully saturated rings. The van der Waals surface area contributed by atoms with Crippen LogP contribution >= 0.6 is 0 Å². The molecule has 0 aliphatic heterocycles. The van der Waals surface area contributed by atoms with Crippen LogP contribution in [0.3, 0.4) is 0 Å². The number of rotatable bonds is 1. The summed E-state index contributed by atoms with van der Waals surface area (Å²) in [4.78, 5) is 10.2. The highest BCUT2D eigenvalue weighted by atomic mass is 16.4. The molecule has 0 unspecified atom stereocenters. The van der Waals surface area contributed by atoms with E-state index in [0.717, 1.165) is 0 Å². The average Bonchev–Trinajstić information content (AvgIpc) is 2.13. The number of aliphatic hydroxyl groups is 1. The molecular formula is C6H8O3. The van der Waals surface area contributed by atoms with Crippen LogP contribution in [0.2, 0.25) is 0 Å². The van der Waals surface area contributed by atoms with E-state index >= 15 is 0 Å². The molecule has 0 aromatic heterocycles. The van der Waals surface area contributed by atoms with Crippen molar-refractivity contribution in [3.8, 4) is 0 Å². The molecule has 0 heterocycles. The molecule has 2 N–H and O–H groups in total. The normalized spacial score (nSPS) is 25.9. The molecule has 0 saturated heterocycles. The van der Waals surface area contributed by atoms with Gasteiger partial charge in [-0.25, -0.2) is 4.79 Å². The number of carbonyl (C=O) groups is 1. The molecule has 3 nitrogen and oxygen atoms in total. The number of carboxylic acids is 1. The summed E-state index contributed by atoms with van der Waals surface area (Å²) in [5.74, 6) is -1.00. The van der Waals surface area contributed by atoms with Crippen molar-refractivity contribution in [1.82, 2.24) is 0 Å². The van der Waals surface area contributed by atoms with Crippen LogP contribution in [-0.2, 0) is 4.79 Å². The molecule has 0 aromatic rings. The molecule has 9 heavy (non-hydrogen) atoms. The van der Waals surface area contributed by atoms with Crippen molar-refractivity contribution in [2.45, 2.75) is 18.9 Å². The van der Waals surface area contributed by atoms with E-state index in [4.69, 9.17) is 10.2 Å². The summed E-state index contributed by atoms with van der Waals surface area (Å²) < 4.78 is 0. The molecule has 0 saturated carbocycles. The molecule has 0 amide bonds. The van der Waals surface area contributed by atoms with E-state index in [1.165, 1.54) is 0 Å². The summed E-state index contributed by atoms with van der Waals surface area (Å²) in [5, 5.41) is 17.3. The molecule has 1 aliphatic carbocycles. The molecule has 50 valence electrons. The topological polar surface area (TPSA) is 57.5 Å². The zero-order valence-corrected chi connectivity index (χ0v) is 4.87. The number of hydrogen-bond donors (Lipinski definition) is 2. The van der Waals surface area contributed by atoms with Crippen molar-refractivity contribution in [3.05, 3.63) is 11.6 Å². The first-order valence-corrected chi connectivity index (χ1v) is 2.83. The summed E-state index contributed by atoms with van der Waals surface area (Å²) in [5.41, 5.74) is 0.148. The maximum Gasteiger partial charge on any atom is 0.333 e. The lowest BCUT2D eigenvalue weighted by Gasteiger charge is -2.00. The molecule has 0 aromatic carbocycles. The van der Waals surface area contributed by atoms with Gasteiger partial charge in [-0.3, -0.25) is 0 Å². The second-order valence-corrected chi connectivity index (χ2v) is 2.06. The number of aliphatic carboxylic acids is 1. The summed E-state index contributed by atoms with van der Waals surface area (Å²) in [6, 6.07) is 0. The van der Waals surface area contributed by atoms with Crippen LogP contribution < -0.4 is 0 Å². The third kappa shape index (κ3) is 1.10. The molecule has 1 atom stereocenters. The highest BCUT2D eigenvalue weighted by Crippen LogP contribution is 2.17.